The van der Waals surface area contributed by atoms with E-state index in [2.05, 4.69) is 19.2 Å². The predicted molar refractivity (Wildman–Crippen MR) is 83.2 cm³/mol. The monoisotopic (exact) mass is 311 g/mol. The Morgan fingerprint density at radius 2 is 2.05 bits per heavy atom. The minimum Gasteiger partial charge on any atom is -0.493 e. The maximum atomic E-state index is 11.7. The van der Waals surface area contributed by atoms with Crippen molar-refractivity contribution in [2.75, 3.05) is 14.2 Å². The summed E-state index contributed by atoms with van der Waals surface area (Å²) in [4.78, 5) is 11.7. The Balaban J connectivity index is 2.36. The summed E-state index contributed by atoms with van der Waals surface area (Å²) in [6, 6.07) is 3.79. The maximum Gasteiger partial charge on any atom is 0.220 e. The van der Waals surface area contributed by atoms with E-state index in [9.17, 15) is 4.79 Å². The van der Waals surface area contributed by atoms with Crippen LogP contribution in [0.25, 0.3) is 0 Å². The van der Waals surface area contributed by atoms with Crippen molar-refractivity contribution in [1.82, 2.24) is 5.32 Å². The number of carbonyl (C=O) groups excluding carboxylic acids is 1. The first-order valence-electron chi connectivity index (χ1n) is 7.14. The van der Waals surface area contributed by atoms with Crippen LogP contribution in [0.2, 0.25) is 5.02 Å². The molecule has 21 heavy (non-hydrogen) atoms. The van der Waals surface area contributed by atoms with Crippen molar-refractivity contribution in [3.63, 3.8) is 0 Å². The zero-order valence-electron chi connectivity index (χ0n) is 13.0. The molecule has 0 saturated carbocycles. The van der Waals surface area contributed by atoms with Crippen molar-refractivity contribution in [2.24, 2.45) is 5.92 Å². The molecule has 1 aliphatic heterocycles. The minimum absolute atomic E-state index is 0.111. The zero-order chi connectivity index (χ0) is 15.6. The first kappa shape index (κ1) is 16.0. The van der Waals surface area contributed by atoms with E-state index in [4.69, 9.17) is 21.1 Å². The second-order valence-corrected chi connectivity index (χ2v) is 6.19. The highest BCUT2D eigenvalue weighted by molar-refractivity contribution is 6.33. The second kappa shape index (κ2) is 6.14. The average molecular weight is 312 g/mol. The van der Waals surface area contributed by atoms with Gasteiger partial charge in [-0.1, -0.05) is 31.5 Å². The third kappa shape index (κ3) is 2.95. The quantitative estimate of drug-likeness (QED) is 0.908. The number of nitrogens with one attached hydrogen (secondary N) is 1. The summed E-state index contributed by atoms with van der Waals surface area (Å²) in [6.07, 6.45) is 2.09. The van der Waals surface area contributed by atoms with Gasteiger partial charge in [0.05, 0.1) is 19.2 Å². The Morgan fingerprint density at radius 3 is 2.52 bits per heavy atom. The lowest BCUT2D eigenvalue weighted by molar-refractivity contribution is -0.120. The van der Waals surface area contributed by atoms with Gasteiger partial charge in [0.2, 0.25) is 5.91 Å². The van der Waals surface area contributed by atoms with Gasteiger partial charge in [0.1, 0.15) is 0 Å². The summed E-state index contributed by atoms with van der Waals surface area (Å²) in [6.45, 7) is 4.25. The summed E-state index contributed by atoms with van der Waals surface area (Å²) in [5.74, 6) is 1.59. The van der Waals surface area contributed by atoms with Crippen LogP contribution in [-0.4, -0.2) is 25.7 Å². The van der Waals surface area contributed by atoms with Gasteiger partial charge in [-0.05, 0) is 30.4 Å². The van der Waals surface area contributed by atoms with Gasteiger partial charge in [-0.2, -0.15) is 0 Å². The molecule has 0 bridgehead atoms. The van der Waals surface area contributed by atoms with Gasteiger partial charge in [0.15, 0.2) is 11.5 Å². The highest BCUT2D eigenvalue weighted by atomic mass is 35.5. The molecular formula is C16H22ClNO3. The number of carbonyl (C=O) groups is 1. The average Bonchev–Trinajstić information content (AvgIpc) is 2.83. The van der Waals surface area contributed by atoms with E-state index in [-0.39, 0.29) is 11.4 Å². The minimum atomic E-state index is -0.236. The molecule has 0 radical (unpaired) electrons. The van der Waals surface area contributed by atoms with Crippen LogP contribution in [0.5, 0.6) is 11.5 Å². The Labute approximate surface area is 130 Å². The molecule has 1 N–H and O–H groups in total. The number of amides is 1. The first-order valence-corrected chi connectivity index (χ1v) is 7.51. The van der Waals surface area contributed by atoms with E-state index >= 15 is 0 Å². The van der Waals surface area contributed by atoms with E-state index in [0.717, 1.165) is 12.0 Å². The summed E-state index contributed by atoms with van der Waals surface area (Å²) in [5, 5.41) is 3.69. The zero-order valence-corrected chi connectivity index (χ0v) is 13.7. The standard InChI is InChI=1S/C16H22ClNO3/c1-10(2)16(8-7-13(19)18-16)9-11-5-6-12(20-3)15(21-4)14(11)17/h5-6,10H,7-9H2,1-4H3,(H,18,19). The largest absolute Gasteiger partial charge is 0.493 e. The van der Waals surface area contributed by atoms with Gasteiger partial charge in [-0.15, -0.1) is 0 Å². The number of halogens is 1. The Hall–Kier alpha value is -1.42. The number of rotatable bonds is 5. The summed E-state index contributed by atoms with van der Waals surface area (Å²) in [5.41, 5.74) is 0.727. The molecule has 1 aromatic rings. The maximum absolute atomic E-state index is 11.7. The normalized spacial score (nSPS) is 21.5. The smallest absolute Gasteiger partial charge is 0.220 e. The fourth-order valence-electron chi connectivity index (χ4n) is 2.92. The van der Waals surface area contributed by atoms with Crippen molar-refractivity contribution >= 4 is 17.5 Å². The predicted octanol–water partition coefficient (Wildman–Crippen LogP) is 3.20. The fourth-order valence-corrected chi connectivity index (χ4v) is 3.22. The molecule has 5 heteroatoms. The molecule has 1 saturated heterocycles. The second-order valence-electron chi connectivity index (χ2n) is 5.81. The molecule has 116 valence electrons. The molecule has 2 rings (SSSR count). The molecule has 1 aromatic carbocycles. The van der Waals surface area contributed by atoms with Crippen molar-refractivity contribution in [3.8, 4) is 11.5 Å². The lowest BCUT2D eigenvalue weighted by Crippen LogP contribution is -2.48. The third-order valence-corrected chi connectivity index (χ3v) is 4.78. The van der Waals surface area contributed by atoms with Crippen molar-refractivity contribution < 1.29 is 14.3 Å². The number of methoxy groups -OCH3 is 2. The van der Waals surface area contributed by atoms with Crippen molar-refractivity contribution in [3.05, 3.63) is 22.7 Å². The topological polar surface area (TPSA) is 47.6 Å². The highest BCUT2D eigenvalue weighted by Gasteiger charge is 2.41. The van der Waals surface area contributed by atoms with Crippen LogP contribution < -0.4 is 14.8 Å². The van der Waals surface area contributed by atoms with E-state index in [1.165, 1.54) is 0 Å². The number of hydrogen-bond acceptors (Lipinski definition) is 3. The molecule has 0 aliphatic carbocycles. The SMILES string of the molecule is COc1ccc(CC2(C(C)C)CCC(=O)N2)c(Cl)c1OC. The van der Waals surface area contributed by atoms with Gasteiger partial charge >= 0.3 is 0 Å². The van der Waals surface area contributed by atoms with Crippen LogP contribution in [0.4, 0.5) is 0 Å². The molecule has 0 aromatic heterocycles. The van der Waals surface area contributed by atoms with Gasteiger partial charge in [0.25, 0.3) is 0 Å². The van der Waals surface area contributed by atoms with E-state index in [1.807, 2.05) is 12.1 Å². The van der Waals surface area contributed by atoms with E-state index in [0.29, 0.717) is 35.3 Å². The van der Waals surface area contributed by atoms with Crippen molar-refractivity contribution in [2.45, 2.75) is 38.6 Å². The fraction of sp³-hybridized carbons (Fsp3) is 0.562. The molecule has 1 unspecified atom stereocenters. The molecular weight excluding hydrogens is 290 g/mol. The van der Waals surface area contributed by atoms with Gasteiger partial charge in [0, 0.05) is 12.0 Å². The van der Waals surface area contributed by atoms with Gasteiger partial charge < -0.3 is 14.8 Å². The molecule has 0 spiro atoms. The van der Waals surface area contributed by atoms with Crippen LogP contribution in [-0.2, 0) is 11.2 Å². The van der Waals surface area contributed by atoms with Gasteiger partial charge in [-0.3, -0.25) is 4.79 Å². The highest BCUT2D eigenvalue weighted by Crippen LogP contribution is 2.40. The summed E-state index contributed by atoms with van der Waals surface area (Å²) in [7, 11) is 3.16. The van der Waals surface area contributed by atoms with Crippen LogP contribution in [0, 0.1) is 5.92 Å². The molecule has 1 atom stereocenters. The number of ether oxygens (including phenoxy) is 2. The summed E-state index contributed by atoms with van der Waals surface area (Å²) >= 11 is 6.46. The Bertz CT molecular complexity index is 545. The number of benzene rings is 1. The van der Waals surface area contributed by atoms with Crippen LogP contribution >= 0.6 is 11.6 Å². The molecule has 4 nitrogen and oxygen atoms in total. The summed E-state index contributed by atoms with van der Waals surface area (Å²) < 4.78 is 10.6. The van der Waals surface area contributed by atoms with E-state index in [1.54, 1.807) is 14.2 Å². The Morgan fingerprint density at radius 1 is 1.33 bits per heavy atom. The molecule has 1 aliphatic rings. The van der Waals surface area contributed by atoms with Crippen molar-refractivity contribution in [1.29, 1.82) is 0 Å². The third-order valence-electron chi connectivity index (χ3n) is 4.36. The number of hydrogen-bond donors (Lipinski definition) is 1. The van der Waals surface area contributed by atoms with E-state index < -0.39 is 0 Å². The lowest BCUT2D eigenvalue weighted by atomic mass is 9.79. The Kier molecular flexibility index (Phi) is 4.67. The molecule has 1 fully saturated rings. The van der Waals surface area contributed by atoms with Crippen LogP contribution in [0.3, 0.4) is 0 Å². The first-order chi connectivity index (χ1) is 9.93. The molecule has 1 heterocycles. The molecule has 1 amide bonds. The lowest BCUT2D eigenvalue weighted by Gasteiger charge is -2.34. The van der Waals surface area contributed by atoms with Crippen LogP contribution in [0.15, 0.2) is 12.1 Å². The van der Waals surface area contributed by atoms with Gasteiger partial charge in [-0.25, -0.2) is 0 Å². The van der Waals surface area contributed by atoms with Crippen LogP contribution in [0.1, 0.15) is 32.3 Å².